The van der Waals surface area contributed by atoms with Gasteiger partial charge in [-0.05, 0) is 29.8 Å². The molecule has 5 aromatic rings. The molecule has 2 aromatic heterocycles. The van der Waals surface area contributed by atoms with Crippen LogP contribution in [0.3, 0.4) is 0 Å². The number of hydrogen-bond donors (Lipinski definition) is 0. The van der Waals surface area contributed by atoms with E-state index in [1.807, 2.05) is 77.2 Å². The fourth-order valence-electron chi connectivity index (χ4n) is 3.58. The molecule has 0 saturated carbocycles. The number of thioether (sulfide) groups is 1. The van der Waals surface area contributed by atoms with E-state index in [9.17, 15) is 4.79 Å². The summed E-state index contributed by atoms with van der Waals surface area (Å²) in [5, 5.41) is 10.7. The molecular weight excluding hydrogens is 444 g/mol. The van der Waals surface area contributed by atoms with Crippen molar-refractivity contribution in [2.75, 3.05) is 12.4 Å². The lowest BCUT2D eigenvalue weighted by atomic mass is 10.2. The molecule has 5 rings (SSSR count). The van der Waals surface area contributed by atoms with Crippen LogP contribution in [0.1, 0.15) is 5.56 Å². The molecule has 0 amide bonds. The van der Waals surface area contributed by atoms with Crippen LogP contribution in [0, 0.1) is 0 Å². The van der Waals surface area contributed by atoms with Crippen molar-refractivity contribution in [1.29, 1.82) is 0 Å². The summed E-state index contributed by atoms with van der Waals surface area (Å²) in [4.78, 5) is 13.2. The Morgan fingerprint density at radius 2 is 1.66 bits per heavy atom. The molecule has 2 heterocycles. The quantitative estimate of drug-likeness (QED) is 0.254. The first-order chi connectivity index (χ1) is 15.7. The second kappa shape index (κ2) is 9.06. The van der Waals surface area contributed by atoms with Gasteiger partial charge < -0.3 is 4.74 Å². The van der Waals surface area contributed by atoms with Crippen LogP contribution in [0.4, 0.5) is 0 Å². The molecule has 0 atom stereocenters. The summed E-state index contributed by atoms with van der Waals surface area (Å²) in [6, 6.07) is 24.8. The summed E-state index contributed by atoms with van der Waals surface area (Å²) in [6.45, 7) is 0.886. The van der Waals surface area contributed by atoms with Crippen molar-refractivity contribution in [3.63, 3.8) is 0 Å². The van der Waals surface area contributed by atoms with Gasteiger partial charge in [-0.3, -0.25) is 13.8 Å². The van der Waals surface area contributed by atoms with E-state index in [1.54, 1.807) is 10.6 Å². The van der Waals surface area contributed by atoms with Gasteiger partial charge in [-0.1, -0.05) is 78.0 Å². The topological polar surface area (TPSA) is 61.4 Å². The molecule has 0 radical (unpaired) electrons. The second-order valence-corrected chi connectivity index (χ2v) is 8.61. The average molecular weight is 463 g/mol. The molecule has 0 bridgehead atoms. The number of fused-ring (bicyclic) bond motifs is 3. The lowest BCUT2D eigenvalue weighted by Crippen LogP contribution is -2.24. The number of rotatable bonds is 7. The fourth-order valence-corrected chi connectivity index (χ4v) is 4.53. The van der Waals surface area contributed by atoms with Gasteiger partial charge in [0.1, 0.15) is 5.75 Å². The summed E-state index contributed by atoms with van der Waals surface area (Å²) < 4.78 is 9.41. The van der Waals surface area contributed by atoms with Crippen LogP contribution < -0.4 is 10.3 Å². The van der Waals surface area contributed by atoms with Crippen LogP contribution in [-0.2, 0) is 6.54 Å². The van der Waals surface area contributed by atoms with Crippen LogP contribution in [0.25, 0.3) is 16.7 Å². The highest BCUT2D eigenvalue weighted by molar-refractivity contribution is 7.99. The Morgan fingerprint density at radius 3 is 2.50 bits per heavy atom. The van der Waals surface area contributed by atoms with E-state index < -0.39 is 0 Å². The van der Waals surface area contributed by atoms with E-state index in [0.717, 1.165) is 11.1 Å². The SMILES string of the molecule is O=c1c2ccccc2n2c(SCCOc3ccccc3Cl)nnc2n1Cc1ccccc1. The van der Waals surface area contributed by atoms with Gasteiger partial charge in [0, 0.05) is 5.75 Å². The van der Waals surface area contributed by atoms with Gasteiger partial charge in [0.05, 0.1) is 29.1 Å². The molecule has 0 fully saturated rings. The first-order valence-electron chi connectivity index (χ1n) is 10.1. The Hall–Kier alpha value is -3.29. The number of halogens is 1. The lowest BCUT2D eigenvalue weighted by Gasteiger charge is -2.11. The average Bonchev–Trinajstić information content (AvgIpc) is 3.25. The van der Waals surface area contributed by atoms with E-state index in [-0.39, 0.29) is 5.56 Å². The van der Waals surface area contributed by atoms with Crippen LogP contribution in [0.2, 0.25) is 5.02 Å². The van der Waals surface area contributed by atoms with E-state index in [2.05, 4.69) is 10.2 Å². The van der Waals surface area contributed by atoms with Gasteiger partial charge in [0.2, 0.25) is 5.78 Å². The zero-order valence-electron chi connectivity index (χ0n) is 17.0. The van der Waals surface area contributed by atoms with Crippen molar-refractivity contribution < 1.29 is 4.74 Å². The standard InChI is InChI=1S/C24H19ClN4O2S/c25-19-11-5-7-13-21(19)31-14-15-32-24-27-26-23-28(16-17-8-2-1-3-9-17)22(30)18-10-4-6-12-20(18)29(23)24/h1-13H,14-16H2. The van der Waals surface area contributed by atoms with E-state index in [1.165, 1.54) is 11.8 Å². The Morgan fingerprint density at radius 1 is 0.906 bits per heavy atom. The second-order valence-electron chi connectivity index (χ2n) is 7.14. The maximum absolute atomic E-state index is 13.2. The van der Waals surface area contributed by atoms with Crippen molar-refractivity contribution in [3.05, 3.63) is 99.8 Å². The molecule has 32 heavy (non-hydrogen) atoms. The number of aromatic nitrogens is 4. The van der Waals surface area contributed by atoms with Crippen molar-refractivity contribution in [2.45, 2.75) is 11.7 Å². The maximum atomic E-state index is 13.2. The van der Waals surface area contributed by atoms with Gasteiger partial charge >= 0.3 is 0 Å². The van der Waals surface area contributed by atoms with E-state index in [0.29, 0.717) is 46.0 Å². The Balaban J connectivity index is 1.48. The fraction of sp³-hybridized carbons (Fsp3) is 0.125. The van der Waals surface area contributed by atoms with E-state index in [4.69, 9.17) is 16.3 Å². The monoisotopic (exact) mass is 462 g/mol. The molecule has 0 unspecified atom stereocenters. The Labute approximate surface area is 193 Å². The lowest BCUT2D eigenvalue weighted by molar-refractivity contribution is 0.344. The van der Waals surface area contributed by atoms with Crippen molar-refractivity contribution >= 4 is 40.0 Å². The predicted molar refractivity (Wildman–Crippen MR) is 128 cm³/mol. The molecule has 8 heteroatoms. The minimum atomic E-state index is -0.0806. The largest absolute Gasteiger partial charge is 0.491 e. The van der Waals surface area contributed by atoms with Crippen LogP contribution >= 0.6 is 23.4 Å². The first kappa shape index (κ1) is 20.6. The van der Waals surface area contributed by atoms with Gasteiger partial charge in [-0.15, -0.1) is 10.2 Å². The molecule has 0 aliphatic heterocycles. The summed E-state index contributed by atoms with van der Waals surface area (Å²) >= 11 is 7.68. The molecule has 0 spiro atoms. The molecule has 3 aromatic carbocycles. The third-order valence-corrected chi connectivity index (χ3v) is 6.28. The molecule has 160 valence electrons. The van der Waals surface area contributed by atoms with Crippen molar-refractivity contribution in [3.8, 4) is 5.75 Å². The minimum absolute atomic E-state index is 0.0806. The van der Waals surface area contributed by atoms with Crippen LogP contribution in [0.15, 0.2) is 88.8 Å². The Bertz CT molecular complexity index is 1450. The van der Waals surface area contributed by atoms with E-state index >= 15 is 0 Å². The van der Waals surface area contributed by atoms with Gasteiger partial charge in [0.25, 0.3) is 5.56 Å². The molecule has 0 aliphatic rings. The minimum Gasteiger partial charge on any atom is -0.491 e. The number of para-hydroxylation sites is 2. The molecule has 6 nitrogen and oxygen atoms in total. The summed E-state index contributed by atoms with van der Waals surface area (Å²) in [5.41, 5.74) is 1.73. The predicted octanol–water partition coefficient (Wildman–Crippen LogP) is 4.92. The number of nitrogens with zero attached hydrogens (tertiary/aromatic N) is 4. The number of hydrogen-bond acceptors (Lipinski definition) is 5. The molecule has 0 N–H and O–H groups in total. The van der Waals surface area contributed by atoms with Gasteiger partial charge in [-0.2, -0.15) is 0 Å². The van der Waals surface area contributed by atoms with Gasteiger partial charge in [0.15, 0.2) is 5.16 Å². The zero-order valence-corrected chi connectivity index (χ0v) is 18.6. The molecular formula is C24H19ClN4O2S. The third-order valence-electron chi connectivity index (χ3n) is 5.07. The highest BCUT2D eigenvalue weighted by Gasteiger charge is 2.17. The van der Waals surface area contributed by atoms with Gasteiger partial charge in [-0.25, -0.2) is 0 Å². The normalized spacial score (nSPS) is 11.3. The number of ether oxygens (including phenoxy) is 1. The smallest absolute Gasteiger partial charge is 0.263 e. The highest BCUT2D eigenvalue weighted by Crippen LogP contribution is 2.25. The first-order valence-corrected chi connectivity index (χ1v) is 11.5. The summed E-state index contributed by atoms with van der Waals surface area (Å²) in [5.74, 6) is 1.83. The zero-order chi connectivity index (χ0) is 21.9. The summed E-state index contributed by atoms with van der Waals surface area (Å²) in [7, 11) is 0. The van der Waals surface area contributed by atoms with Crippen LogP contribution in [0.5, 0.6) is 5.75 Å². The van der Waals surface area contributed by atoms with Crippen molar-refractivity contribution in [1.82, 2.24) is 19.2 Å². The number of benzene rings is 3. The molecule has 0 saturated heterocycles. The highest BCUT2D eigenvalue weighted by atomic mass is 35.5. The third kappa shape index (κ3) is 3.97. The van der Waals surface area contributed by atoms with Crippen molar-refractivity contribution in [2.24, 2.45) is 0 Å². The maximum Gasteiger partial charge on any atom is 0.263 e. The molecule has 0 aliphatic carbocycles. The summed E-state index contributed by atoms with van der Waals surface area (Å²) in [6.07, 6.45) is 0. The Kier molecular flexibility index (Phi) is 5.83. The van der Waals surface area contributed by atoms with Crippen LogP contribution in [-0.4, -0.2) is 31.5 Å².